The fourth-order valence-corrected chi connectivity index (χ4v) is 3.59. The number of methoxy groups -OCH3 is 1. The van der Waals surface area contributed by atoms with Crippen LogP contribution in [0.25, 0.3) is 0 Å². The number of nitrogens with one attached hydrogen (secondary N) is 2. The van der Waals surface area contributed by atoms with E-state index in [9.17, 15) is 4.79 Å². The summed E-state index contributed by atoms with van der Waals surface area (Å²) in [5.41, 5.74) is -0.253. The molecule has 2 N–H and O–H groups in total. The molecule has 22 heavy (non-hydrogen) atoms. The molecule has 4 atom stereocenters. The van der Waals surface area contributed by atoms with Gasteiger partial charge in [0.2, 0.25) is 0 Å². The van der Waals surface area contributed by atoms with Gasteiger partial charge in [-0.1, -0.05) is 13.8 Å². The van der Waals surface area contributed by atoms with Gasteiger partial charge in [0.05, 0.1) is 6.10 Å². The maximum absolute atomic E-state index is 11.8. The van der Waals surface area contributed by atoms with E-state index in [1.54, 1.807) is 7.11 Å². The van der Waals surface area contributed by atoms with Crippen LogP contribution in [-0.2, 0) is 9.47 Å². The number of rotatable bonds is 4. The standard InChI is InChI=1S/C17H32N2O3/c1-16(2,3)22-15(20)19-12-8-7-11(9-12)18-13-10-14(21-6)17(13,4)5/h11-14,18H,7-10H2,1-6H3,(H,19,20). The lowest BCUT2D eigenvalue weighted by atomic mass is 9.64. The summed E-state index contributed by atoms with van der Waals surface area (Å²) >= 11 is 0. The van der Waals surface area contributed by atoms with Crippen LogP contribution in [0, 0.1) is 5.41 Å². The van der Waals surface area contributed by atoms with Crippen molar-refractivity contribution in [1.82, 2.24) is 10.6 Å². The Kier molecular flexibility index (Phi) is 5.07. The summed E-state index contributed by atoms with van der Waals surface area (Å²) in [5, 5.41) is 6.74. The van der Waals surface area contributed by atoms with Crippen molar-refractivity contribution >= 4 is 6.09 Å². The molecule has 5 nitrogen and oxygen atoms in total. The third kappa shape index (κ3) is 4.13. The highest BCUT2D eigenvalue weighted by molar-refractivity contribution is 5.68. The Morgan fingerprint density at radius 2 is 1.77 bits per heavy atom. The normalized spacial score (nSPS) is 34.1. The molecular weight excluding hydrogens is 280 g/mol. The molecule has 0 spiro atoms. The van der Waals surface area contributed by atoms with Crippen molar-refractivity contribution in [3.8, 4) is 0 Å². The Bertz CT molecular complexity index is 403. The number of ether oxygens (including phenoxy) is 2. The van der Waals surface area contributed by atoms with Gasteiger partial charge in [0.15, 0.2) is 0 Å². The van der Waals surface area contributed by atoms with Crippen molar-refractivity contribution in [1.29, 1.82) is 0 Å². The summed E-state index contributed by atoms with van der Waals surface area (Å²) in [6.07, 6.45) is 4.21. The largest absolute Gasteiger partial charge is 0.444 e. The molecule has 0 radical (unpaired) electrons. The molecule has 2 saturated carbocycles. The highest BCUT2D eigenvalue weighted by Gasteiger charge is 2.49. The summed E-state index contributed by atoms with van der Waals surface area (Å²) < 4.78 is 10.8. The molecule has 2 aliphatic carbocycles. The molecule has 0 aromatic heterocycles. The van der Waals surface area contributed by atoms with E-state index in [-0.39, 0.29) is 17.6 Å². The molecule has 5 heteroatoms. The highest BCUT2D eigenvalue weighted by atomic mass is 16.6. The molecule has 0 aliphatic heterocycles. The molecule has 1 amide bonds. The van der Waals surface area contributed by atoms with E-state index < -0.39 is 5.60 Å². The van der Waals surface area contributed by atoms with Crippen LogP contribution in [0.1, 0.15) is 60.3 Å². The average Bonchev–Trinajstić information content (AvgIpc) is 2.78. The fraction of sp³-hybridized carbons (Fsp3) is 0.941. The van der Waals surface area contributed by atoms with Crippen LogP contribution in [0.2, 0.25) is 0 Å². The van der Waals surface area contributed by atoms with E-state index in [2.05, 4.69) is 24.5 Å². The average molecular weight is 312 g/mol. The molecular formula is C17H32N2O3. The van der Waals surface area contributed by atoms with Crippen LogP contribution in [0.15, 0.2) is 0 Å². The predicted octanol–water partition coefficient (Wildman–Crippen LogP) is 2.84. The Hall–Kier alpha value is -0.810. The van der Waals surface area contributed by atoms with Crippen LogP contribution < -0.4 is 10.6 Å². The Balaban J connectivity index is 1.74. The number of alkyl carbamates (subject to hydrolysis) is 1. The van der Waals surface area contributed by atoms with Gasteiger partial charge in [-0.3, -0.25) is 0 Å². The Morgan fingerprint density at radius 3 is 2.32 bits per heavy atom. The lowest BCUT2D eigenvalue weighted by Crippen LogP contribution is -2.62. The lowest BCUT2D eigenvalue weighted by molar-refractivity contribution is -0.100. The van der Waals surface area contributed by atoms with Gasteiger partial charge >= 0.3 is 6.09 Å². The SMILES string of the molecule is COC1CC(NC2CCC(NC(=O)OC(C)(C)C)C2)C1(C)C. The second-order valence-electron chi connectivity index (χ2n) is 8.35. The third-order valence-corrected chi connectivity index (χ3v) is 5.05. The van der Waals surface area contributed by atoms with Gasteiger partial charge in [-0.05, 0) is 46.5 Å². The van der Waals surface area contributed by atoms with Gasteiger partial charge in [0.1, 0.15) is 5.60 Å². The van der Waals surface area contributed by atoms with Crippen molar-refractivity contribution in [2.75, 3.05) is 7.11 Å². The minimum Gasteiger partial charge on any atom is -0.444 e. The molecule has 0 saturated heterocycles. The van der Waals surface area contributed by atoms with Crippen molar-refractivity contribution in [2.24, 2.45) is 5.41 Å². The van der Waals surface area contributed by atoms with Crippen LogP contribution in [0.5, 0.6) is 0 Å². The molecule has 2 aliphatic rings. The molecule has 0 aromatic rings. The monoisotopic (exact) mass is 312 g/mol. The summed E-state index contributed by atoms with van der Waals surface area (Å²) in [7, 11) is 1.79. The zero-order valence-electron chi connectivity index (χ0n) is 14.9. The minimum atomic E-state index is -0.439. The third-order valence-electron chi connectivity index (χ3n) is 5.05. The van der Waals surface area contributed by atoms with E-state index >= 15 is 0 Å². The van der Waals surface area contributed by atoms with E-state index in [1.807, 2.05) is 20.8 Å². The van der Waals surface area contributed by atoms with Crippen LogP contribution in [-0.4, -0.2) is 43.0 Å². The quantitative estimate of drug-likeness (QED) is 0.838. The topological polar surface area (TPSA) is 59.6 Å². The first-order valence-electron chi connectivity index (χ1n) is 8.40. The van der Waals surface area contributed by atoms with Crippen LogP contribution in [0.3, 0.4) is 0 Å². The number of hydrogen-bond acceptors (Lipinski definition) is 4. The van der Waals surface area contributed by atoms with Crippen molar-refractivity contribution in [3.63, 3.8) is 0 Å². The van der Waals surface area contributed by atoms with Gasteiger partial charge in [-0.2, -0.15) is 0 Å². The van der Waals surface area contributed by atoms with Gasteiger partial charge < -0.3 is 20.1 Å². The molecule has 128 valence electrons. The maximum Gasteiger partial charge on any atom is 0.407 e. The van der Waals surface area contributed by atoms with Crippen LogP contribution >= 0.6 is 0 Å². The smallest absolute Gasteiger partial charge is 0.407 e. The number of hydrogen-bond donors (Lipinski definition) is 2. The fourth-order valence-electron chi connectivity index (χ4n) is 3.59. The molecule has 0 bridgehead atoms. The highest BCUT2D eigenvalue weighted by Crippen LogP contribution is 2.43. The molecule has 4 unspecified atom stereocenters. The summed E-state index contributed by atoms with van der Waals surface area (Å²) in [6, 6.07) is 1.19. The predicted molar refractivity (Wildman–Crippen MR) is 86.9 cm³/mol. The molecule has 0 heterocycles. The second-order valence-corrected chi connectivity index (χ2v) is 8.35. The van der Waals surface area contributed by atoms with Crippen molar-refractivity contribution < 1.29 is 14.3 Å². The molecule has 2 fully saturated rings. The first kappa shape index (κ1) is 17.5. The van der Waals surface area contributed by atoms with Crippen LogP contribution in [0.4, 0.5) is 4.79 Å². The minimum absolute atomic E-state index is 0.186. The maximum atomic E-state index is 11.8. The van der Waals surface area contributed by atoms with Gasteiger partial charge in [0.25, 0.3) is 0 Å². The van der Waals surface area contributed by atoms with E-state index in [4.69, 9.17) is 9.47 Å². The number of amides is 1. The van der Waals surface area contributed by atoms with Gasteiger partial charge in [0, 0.05) is 30.7 Å². The van der Waals surface area contributed by atoms with Crippen molar-refractivity contribution in [2.45, 2.75) is 90.1 Å². The summed E-state index contributed by atoms with van der Waals surface area (Å²) in [5.74, 6) is 0. The molecule has 0 aromatic carbocycles. The zero-order valence-corrected chi connectivity index (χ0v) is 14.9. The van der Waals surface area contributed by atoms with E-state index in [0.29, 0.717) is 18.2 Å². The Labute approximate surface area is 134 Å². The van der Waals surface area contributed by atoms with Crippen molar-refractivity contribution in [3.05, 3.63) is 0 Å². The first-order chi connectivity index (χ1) is 10.1. The number of carbonyl (C=O) groups is 1. The van der Waals surface area contributed by atoms with E-state index in [0.717, 1.165) is 25.7 Å². The number of carbonyl (C=O) groups excluding carboxylic acids is 1. The Morgan fingerprint density at radius 1 is 1.14 bits per heavy atom. The lowest BCUT2D eigenvalue weighted by Gasteiger charge is -2.52. The first-order valence-corrected chi connectivity index (χ1v) is 8.40. The zero-order chi connectivity index (χ0) is 16.5. The summed E-state index contributed by atoms with van der Waals surface area (Å²) in [6.45, 7) is 10.2. The van der Waals surface area contributed by atoms with E-state index in [1.165, 1.54) is 0 Å². The summed E-state index contributed by atoms with van der Waals surface area (Å²) in [4.78, 5) is 11.8. The second kappa shape index (κ2) is 6.36. The van der Waals surface area contributed by atoms with Gasteiger partial charge in [-0.15, -0.1) is 0 Å². The molecule has 2 rings (SSSR count). The van der Waals surface area contributed by atoms with Gasteiger partial charge in [-0.25, -0.2) is 4.79 Å².